The third kappa shape index (κ3) is 2.61. The quantitative estimate of drug-likeness (QED) is 0.227. The first-order chi connectivity index (χ1) is 17.6. The maximum Gasteiger partial charge on any atom is 0.0207 e. The summed E-state index contributed by atoms with van der Waals surface area (Å²) in [5.74, 6) is 0. The molecule has 1 heterocycles. The van der Waals surface area contributed by atoms with Crippen molar-refractivity contribution in [1.29, 1.82) is 0 Å². The van der Waals surface area contributed by atoms with Gasteiger partial charge in [0.05, 0.1) is 0 Å². The largest absolute Gasteiger partial charge is 0.0888 e. The van der Waals surface area contributed by atoms with Gasteiger partial charge in [-0.25, -0.2) is 0 Å². The zero-order valence-corrected chi connectivity index (χ0v) is 21.1. The topological polar surface area (TPSA) is 0 Å². The smallest absolute Gasteiger partial charge is 0.0207 e. The van der Waals surface area contributed by atoms with Crippen molar-refractivity contribution < 1.29 is 0 Å². The van der Waals surface area contributed by atoms with Crippen LogP contribution >= 0.6 is 11.8 Å². The van der Waals surface area contributed by atoms with E-state index in [0.29, 0.717) is 0 Å². The number of benzene rings is 6. The molecule has 170 valence electrons. The van der Waals surface area contributed by atoms with Crippen molar-refractivity contribution in [2.75, 3.05) is 0 Å². The van der Waals surface area contributed by atoms with E-state index in [1.807, 2.05) is 11.8 Å². The SMILES string of the molecule is CC1(C)c2cc(-c3ccc4c5c(cccc35)-c3ccccc3S4)ccc2-c2ccc3ccccc3c21. The Hall–Kier alpha value is -3.81. The highest BCUT2D eigenvalue weighted by molar-refractivity contribution is 7.99. The lowest BCUT2D eigenvalue weighted by atomic mass is 9.79. The highest BCUT2D eigenvalue weighted by Crippen LogP contribution is 2.53. The molecule has 2 aliphatic rings. The molecule has 1 heteroatoms. The molecule has 6 aromatic carbocycles. The maximum atomic E-state index is 2.46. The molecule has 0 saturated carbocycles. The van der Waals surface area contributed by atoms with Crippen LogP contribution in [0.4, 0.5) is 0 Å². The van der Waals surface area contributed by atoms with Crippen LogP contribution in [0, 0.1) is 0 Å². The molecule has 0 bridgehead atoms. The summed E-state index contributed by atoms with van der Waals surface area (Å²) >= 11 is 1.89. The Morgan fingerprint density at radius 3 is 2.22 bits per heavy atom. The normalized spacial score (nSPS) is 14.5. The Bertz CT molecular complexity index is 1890. The average Bonchev–Trinajstić information content (AvgIpc) is 3.15. The van der Waals surface area contributed by atoms with Crippen molar-refractivity contribution in [3.05, 3.63) is 120 Å². The van der Waals surface area contributed by atoms with E-state index in [2.05, 4.69) is 123 Å². The summed E-state index contributed by atoms with van der Waals surface area (Å²) in [6.45, 7) is 4.78. The predicted octanol–water partition coefficient (Wildman–Crippen LogP) is 10.1. The van der Waals surface area contributed by atoms with Crippen LogP contribution in [0.3, 0.4) is 0 Å². The van der Waals surface area contributed by atoms with E-state index < -0.39 is 0 Å². The van der Waals surface area contributed by atoms with Gasteiger partial charge in [0.1, 0.15) is 0 Å². The molecule has 0 saturated heterocycles. The molecule has 8 rings (SSSR count). The van der Waals surface area contributed by atoms with Gasteiger partial charge in [0.2, 0.25) is 0 Å². The van der Waals surface area contributed by atoms with Crippen LogP contribution < -0.4 is 0 Å². The van der Waals surface area contributed by atoms with Gasteiger partial charge in [-0.3, -0.25) is 0 Å². The summed E-state index contributed by atoms with van der Waals surface area (Å²) in [5, 5.41) is 5.41. The minimum absolute atomic E-state index is 0.0529. The Morgan fingerprint density at radius 1 is 0.528 bits per heavy atom. The van der Waals surface area contributed by atoms with Gasteiger partial charge < -0.3 is 0 Å². The van der Waals surface area contributed by atoms with E-state index in [0.717, 1.165) is 0 Å². The third-order valence-corrected chi connectivity index (χ3v) is 9.38. The maximum absolute atomic E-state index is 2.46. The van der Waals surface area contributed by atoms with Gasteiger partial charge in [-0.15, -0.1) is 0 Å². The number of fused-ring (bicyclic) bond motifs is 7. The van der Waals surface area contributed by atoms with E-state index in [1.165, 1.54) is 75.8 Å². The van der Waals surface area contributed by atoms with Crippen molar-refractivity contribution >= 4 is 33.3 Å². The standard InChI is InChI=1S/C35H24S/c1-35(2)30-20-22(15-16-25(30)29-17-14-21-8-3-4-9-24(21)34(29)35)23-18-19-32-33-27(23)11-7-12-28(33)26-10-5-6-13-31(26)36-32/h3-20H,1-2H3. The summed E-state index contributed by atoms with van der Waals surface area (Å²) in [5.41, 5.74) is 10.9. The third-order valence-electron chi connectivity index (χ3n) is 8.25. The summed E-state index contributed by atoms with van der Waals surface area (Å²) < 4.78 is 0. The molecule has 0 amide bonds. The van der Waals surface area contributed by atoms with Crippen LogP contribution in [0.15, 0.2) is 119 Å². The molecular formula is C35H24S. The highest BCUT2D eigenvalue weighted by Gasteiger charge is 2.37. The van der Waals surface area contributed by atoms with Crippen molar-refractivity contribution in [2.45, 2.75) is 29.1 Å². The molecule has 0 atom stereocenters. The lowest BCUT2D eigenvalue weighted by molar-refractivity contribution is 0.666. The van der Waals surface area contributed by atoms with Gasteiger partial charge in [-0.2, -0.15) is 0 Å². The lowest BCUT2D eigenvalue weighted by Crippen LogP contribution is -2.15. The van der Waals surface area contributed by atoms with Crippen LogP contribution in [-0.2, 0) is 5.41 Å². The number of rotatable bonds is 1. The first kappa shape index (κ1) is 20.4. The monoisotopic (exact) mass is 476 g/mol. The van der Waals surface area contributed by atoms with Crippen LogP contribution in [0.5, 0.6) is 0 Å². The van der Waals surface area contributed by atoms with E-state index >= 15 is 0 Å². The Labute approximate surface area is 215 Å². The van der Waals surface area contributed by atoms with Crippen molar-refractivity contribution in [2.24, 2.45) is 0 Å². The molecule has 0 fully saturated rings. The molecule has 36 heavy (non-hydrogen) atoms. The van der Waals surface area contributed by atoms with Crippen molar-refractivity contribution in [1.82, 2.24) is 0 Å². The fourth-order valence-electron chi connectivity index (χ4n) is 6.60. The van der Waals surface area contributed by atoms with Crippen LogP contribution in [0.1, 0.15) is 25.0 Å². The molecule has 0 N–H and O–H groups in total. The Morgan fingerprint density at radius 2 is 1.28 bits per heavy atom. The first-order valence-electron chi connectivity index (χ1n) is 12.6. The summed E-state index contributed by atoms with van der Waals surface area (Å²) in [4.78, 5) is 2.69. The summed E-state index contributed by atoms with van der Waals surface area (Å²) in [6.07, 6.45) is 0. The van der Waals surface area contributed by atoms with E-state index in [1.54, 1.807) is 0 Å². The minimum Gasteiger partial charge on any atom is -0.0888 e. The fraction of sp³-hybridized carbons (Fsp3) is 0.0857. The molecule has 0 aromatic heterocycles. The van der Waals surface area contributed by atoms with Crippen LogP contribution in [0.2, 0.25) is 0 Å². The van der Waals surface area contributed by atoms with Gasteiger partial charge in [-0.1, -0.05) is 117 Å². The van der Waals surface area contributed by atoms with Gasteiger partial charge in [0.25, 0.3) is 0 Å². The zero-order valence-electron chi connectivity index (χ0n) is 20.3. The van der Waals surface area contributed by atoms with E-state index in [-0.39, 0.29) is 5.41 Å². The van der Waals surface area contributed by atoms with Crippen molar-refractivity contribution in [3.63, 3.8) is 0 Å². The van der Waals surface area contributed by atoms with Gasteiger partial charge in [0.15, 0.2) is 0 Å². The molecule has 0 spiro atoms. The second-order valence-electron chi connectivity index (χ2n) is 10.5. The van der Waals surface area contributed by atoms with E-state index in [9.17, 15) is 0 Å². The van der Waals surface area contributed by atoms with Gasteiger partial charge in [0, 0.05) is 20.6 Å². The predicted molar refractivity (Wildman–Crippen MR) is 154 cm³/mol. The Kier molecular flexibility index (Phi) is 4.03. The first-order valence-corrected chi connectivity index (χ1v) is 13.4. The number of hydrogen-bond acceptors (Lipinski definition) is 1. The average molecular weight is 477 g/mol. The molecule has 0 nitrogen and oxygen atoms in total. The minimum atomic E-state index is -0.0529. The van der Waals surface area contributed by atoms with Crippen molar-refractivity contribution in [3.8, 4) is 33.4 Å². The molecular weight excluding hydrogens is 452 g/mol. The second-order valence-corrected chi connectivity index (χ2v) is 11.6. The summed E-state index contributed by atoms with van der Waals surface area (Å²) in [6, 6.07) is 40.8. The van der Waals surface area contributed by atoms with Crippen LogP contribution in [0.25, 0.3) is 54.9 Å². The lowest BCUT2D eigenvalue weighted by Gasteiger charge is -2.24. The second kappa shape index (κ2) is 7.12. The molecule has 6 aromatic rings. The zero-order chi connectivity index (χ0) is 24.0. The molecule has 0 unspecified atom stereocenters. The van der Waals surface area contributed by atoms with Crippen LogP contribution in [-0.4, -0.2) is 0 Å². The highest BCUT2D eigenvalue weighted by atomic mass is 32.2. The molecule has 1 aliphatic heterocycles. The molecule has 1 aliphatic carbocycles. The van der Waals surface area contributed by atoms with Gasteiger partial charge in [-0.05, 0) is 78.9 Å². The summed E-state index contributed by atoms with van der Waals surface area (Å²) in [7, 11) is 0. The Balaban J connectivity index is 1.35. The molecule has 0 radical (unpaired) electrons. The van der Waals surface area contributed by atoms with Gasteiger partial charge >= 0.3 is 0 Å². The fourth-order valence-corrected chi connectivity index (χ4v) is 7.73. The number of hydrogen-bond donors (Lipinski definition) is 0. The van der Waals surface area contributed by atoms with E-state index in [4.69, 9.17) is 0 Å².